The Balaban J connectivity index is 1.27. The Morgan fingerprint density at radius 3 is 2.33 bits per heavy atom. The molecular weight excluding hydrogens is 376 g/mol. The number of amides is 1. The fourth-order valence-electron chi connectivity index (χ4n) is 3.67. The van der Waals surface area contributed by atoms with E-state index in [9.17, 15) is 9.90 Å². The van der Waals surface area contributed by atoms with Crippen molar-refractivity contribution in [2.75, 3.05) is 24.6 Å². The van der Waals surface area contributed by atoms with Gasteiger partial charge < -0.3 is 20.1 Å². The number of carbonyl (C=O) groups is 1. The first-order chi connectivity index (χ1) is 14.3. The Hall–Kier alpha value is -2.53. The topological polar surface area (TPSA) is 61.8 Å². The summed E-state index contributed by atoms with van der Waals surface area (Å²) in [5.74, 6) is 1.89. The van der Waals surface area contributed by atoms with Gasteiger partial charge in [0.15, 0.2) is 0 Å². The molecule has 2 fully saturated rings. The molecule has 1 atom stereocenters. The second-order valence-electron chi connectivity index (χ2n) is 9.27. The molecule has 1 amide bonds. The Bertz CT molecular complexity index is 861. The normalized spacial score (nSPS) is 17.9. The number of nitrogens with zero attached hydrogens (tertiary/aromatic N) is 1. The lowest BCUT2D eigenvalue weighted by Crippen LogP contribution is -2.45. The minimum absolute atomic E-state index is 0.142. The first-order valence-corrected chi connectivity index (χ1v) is 10.9. The summed E-state index contributed by atoms with van der Waals surface area (Å²) < 4.78 is 5.82. The fraction of sp³-hybridized carbons (Fsp3) is 0.480. The largest absolute Gasteiger partial charge is 0.493 e. The lowest BCUT2D eigenvalue weighted by Gasteiger charge is -2.41. The maximum Gasteiger partial charge on any atom is 0.251 e. The lowest BCUT2D eigenvalue weighted by atomic mass is 9.90. The smallest absolute Gasteiger partial charge is 0.251 e. The summed E-state index contributed by atoms with van der Waals surface area (Å²) in [6.07, 6.45) is 2.62. The average Bonchev–Trinajstić information content (AvgIpc) is 3.50. The van der Waals surface area contributed by atoms with E-state index in [4.69, 9.17) is 4.74 Å². The molecule has 0 spiro atoms. The van der Waals surface area contributed by atoms with Crippen LogP contribution in [0, 0.1) is 5.92 Å². The number of rotatable bonds is 8. The van der Waals surface area contributed by atoms with Gasteiger partial charge in [0, 0.05) is 24.7 Å². The van der Waals surface area contributed by atoms with Crippen LogP contribution < -0.4 is 15.0 Å². The summed E-state index contributed by atoms with van der Waals surface area (Å²) in [7, 11) is 0. The molecule has 2 aliphatic rings. The van der Waals surface area contributed by atoms with Crippen molar-refractivity contribution in [3.8, 4) is 5.75 Å². The van der Waals surface area contributed by atoms with E-state index < -0.39 is 5.60 Å². The van der Waals surface area contributed by atoms with Crippen LogP contribution in [0.25, 0.3) is 0 Å². The molecular formula is C25H32N2O3. The van der Waals surface area contributed by atoms with Gasteiger partial charge in [0.05, 0.1) is 12.6 Å². The summed E-state index contributed by atoms with van der Waals surface area (Å²) in [5, 5.41) is 12.7. The lowest BCUT2D eigenvalue weighted by molar-refractivity contribution is -0.137. The molecule has 5 heteroatoms. The predicted molar refractivity (Wildman–Crippen MR) is 119 cm³/mol. The zero-order chi connectivity index (χ0) is 21.3. The molecule has 5 nitrogen and oxygen atoms in total. The summed E-state index contributed by atoms with van der Waals surface area (Å²) >= 11 is 0. The molecule has 0 aromatic heterocycles. The first-order valence-electron chi connectivity index (χ1n) is 10.9. The van der Waals surface area contributed by atoms with E-state index in [2.05, 4.69) is 58.7 Å². The van der Waals surface area contributed by atoms with Gasteiger partial charge in [0.25, 0.3) is 5.91 Å². The maximum atomic E-state index is 12.0. The Morgan fingerprint density at radius 1 is 1.13 bits per heavy atom. The first kappa shape index (κ1) is 20.7. The number of carbonyl (C=O) groups excluding carboxylic acids is 1. The van der Waals surface area contributed by atoms with E-state index in [-0.39, 0.29) is 11.9 Å². The van der Waals surface area contributed by atoms with Gasteiger partial charge >= 0.3 is 0 Å². The van der Waals surface area contributed by atoms with Gasteiger partial charge in [-0.3, -0.25) is 4.79 Å². The number of hydrogen-bond acceptors (Lipinski definition) is 4. The number of nitrogens with one attached hydrogen (secondary N) is 1. The van der Waals surface area contributed by atoms with Crippen LogP contribution in [0.4, 0.5) is 5.69 Å². The van der Waals surface area contributed by atoms with Crippen LogP contribution in [0.15, 0.2) is 48.5 Å². The molecule has 4 rings (SSSR count). The van der Waals surface area contributed by atoms with Crippen LogP contribution in [-0.4, -0.2) is 36.3 Å². The third-order valence-corrected chi connectivity index (χ3v) is 6.08. The van der Waals surface area contributed by atoms with Crippen molar-refractivity contribution in [2.24, 2.45) is 5.92 Å². The summed E-state index contributed by atoms with van der Waals surface area (Å²) in [6.45, 7) is 7.78. The van der Waals surface area contributed by atoms with Gasteiger partial charge in [0.1, 0.15) is 11.4 Å². The SMILES string of the molecule is CC(NC(=O)C(C)(C)O)c1ccc(C2CN(c3ccc(OCC4CC4)cc3)C2)cc1. The molecule has 1 heterocycles. The highest BCUT2D eigenvalue weighted by atomic mass is 16.5. The van der Waals surface area contributed by atoms with Crippen molar-refractivity contribution < 1.29 is 14.6 Å². The molecule has 160 valence electrons. The molecule has 2 aromatic rings. The zero-order valence-electron chi connectivity index (χ0n) is 18.1. The average molecular weight is 409 g/mol. The second kappa shape index (κ2) is 8.31. The second-order valence-corrected chi connectivity index (χ2v) is 9.27. The summed E-state index contributed by atoms with van der Waals surface area (Å²) in [5.41, 5.74) is 2.23. The standard InChI is InChI=1S/C25H32N2O3/c1-17(26-24(28)25(2,3)29)19-6-8-20(9-7-19)21-14-27(15-21)22-10-12-23(13-11-22)30-16-18-4-5-18/h6-13,17-18,21,29H,4-5,14-16H2,1-3H3,(H,26,28). The maximum absolute atomic E-state index is 12.0. The Morgan fingerprint density at radius 2 is 1.77 bits per heavy atom. The number of ether oxygens (including phenoxy) is 1. The van der Waals surface area contributed by atoms with E-state index in [1.54, 1.807) is 0 Å². The molecule has 1 aliphatic carbocycles. The highest BCUT2D eigenvalue weighted by molar-refractivity contribution is 5.84. The highest BCUT2D eigenvalue weighted by Gasteiger charge is 2.29. The third-order valence-electron chi connectivity index (χ3n) is 6.08. The van der Waals surface area contributed by atoms with E-state index in [1.165, 1.54) is 37.9 Å². The van der Waals surface area contributed by atoms with Crippen molar-refractivity contribution in [3.63, 3.8) is 0 Å². The molecule has 0 bridgehead atoms. The van der Waals surface area contributed by atoms with Crippen molar-refractivity contribution in [2.45, 2.75) is 51.2 Å². The Labute approximate surface area is 179 Å². The highest BCUT2D eigenvalue weighted by Crippen LogP contribution is 2.34. The van der Waals surface area contributed by atoms with Gasteiger partial charge in [0.2, 0.25) is 0 Å². The summed E-state index contributed by atoms with van der Waals surface area (Å²) in [4.78, 5) is 14.3. The van der Waals surface area contributed by atoms with Gasteiger partial charge in [-0.05, 0) is 74.9 Å². The summed E-state index contributed by atoms with van der Waals surface area (Å²) in [6, 6.07) is 16.7. The van der Waals surface area contributed by atoms with E-state index in [1.807, 2.05) is 6.92 Å². The molecule has 2 aromatic carbocycles. The van der Waals surface area contributed by atoms with Crippen LogP contribution in [0.5, 0.6) is 5.75 Å². The Kier molecular flexibility index (Phi) is 5.74. The van der Waals surface area contributed by atoms with Gasteiger partial charge in [-0.2, -0.15) is 0 Å². The van der Waals surface area contributed by atoms with Crippen molar-refractivity contribution in [1.29, 1.82) is 0 Å². The van der Waals surface area contributed by atoms with E-state index in [0.29, 0.717) is 5.92 Å². The minimum atomic E-state index is -1.37. The van der Waals surface area contributed by atoms with Crippen LogP contribution in [0.3, 0.4) is 0 Å². The number of benzene rings is 2. The molecule has 1 saturated carbocycles. The van der Waals surface area contributed by atoms with Crippen LogP contribution >= 0.6 is 0 Å². The van der Waals surface area contributed by atoms with Crippen LogP contribution in [0.2, 0.25) is 0 Å². The number of hydrogen-bond donors (Lipinski definition) is 2. The monoisotopic (exact) mass is 408 g/mol. The minimum Gasteiger partial charge on any atom is -0.493 e. The van der Waals surface area contributed by atoms with Gasteiger partial charge in [-0.15, -0.1) is 0 Å². The van der Waals surface area contributed by atoms with Gasteiger partial charge in [-0.25, -0.2) is 0 Å². The van der Waals surface area contributed by atoms with Crippen molar-refractivity contribution in [1.82, 2.24) is 5.32 Å². The quantitative estimate of drug-likeness (QED) is 0.692. The molecule has 0 radical (unpaired) electrons. The molecule has 1 unspecified atom stereocenters. The molecule has 30 heavy (non-hydrogen) atoms. The van der Waals surface area contributed by atoms with Gasteiger partial charge in [-0.1, -0.05) is 24.3 Å². The zero-order valence-corrected chi connectivity index (χ0v) is 18.1. The number of anilines is 1. The molecule has 1 saturated heterocycles. The van der Waals surface area contributed by atoms with Crippen LogP contribution in [-0.2, 0) is 4.79 Å². The van der Waals surface area contributed by atoms with Crippen LogP contribution in [0.1, 0.15) is 56.7 Å². The predicted octanol–water partition coefficient (Wildman–Crippen LogP) is 4.03. The number of aliphatic hydroxyl groups is 1. The molecule has 1 aliphatic heterocycles. The fourth-order valence-corrected chi connectivity index (χ4v) is 3.67. The van der Waals surface area contributed by atoms with E-state index >= 15 is 0 Å². The molecule has 2 N–H and O–H groups in total. The van der Waals surface area contributed by atoms with Crippen molar-refractivity contribution in [3.05, 3.63) is 59.7 Å². The third kappa shape index (κ3) is 4.96. The van der Waals surface area contributed by atoms with E-state index in [0.717, 1.165) is 36.9 Å². The van der Waals surface area contributed by atoms with Crippen molar-refractivity contribution >= 4 is 11.6 Å².